The Kier molecular flexibility index (Phi) is 3.66. The second-order valence-electron chi connectivity index (χ2n) is 5.90. The van der Waals surface area contributed by atoms with Crippen molar-refractivity contribution in [1.29, 1.82) is 0 Å². The molecule has 0 amide bonds. The summed E-state index contributed by atoms with van der Waals surface area (Å²) >= 11 is 0. The van der Waals surface area contributed by atoms with Crippen LogP contribution >= 0.6 is 0 Å². The molecule has 1 aromatic rings. The van der Waals surface area contributed by atoms with E-state index in [2.05, 4.69) is 17.3 Å². The largest absolute Gasteiger partial charge is 0.465 e. The number of anilines is 1. The second kappa shape index (κ2) is 5.44. The van der Waals surface area contributed by atoms with Crippen molar-refractivity contribution in [3.8, 4) is 0 Å². The molecule has 2 aliphatic heterocycles. The number of nitrogens with zero attached hydrogens (tertiary/aromatic N) is 1. The van der Waals surface area contributed by atoms with Crippen LogP contribution in [-0.2, 0) is 4.74 Å². The molecule has 3 rings (SSSR count). The Balaban J connectivity index is 1.74. The van der Waals surface area contributed by atoms with Crippen LogP contribution in [0.3, 0.4) is 0 Å². The molecule has 4 nitrogen and oxygen atoms in total. The topological polar surface area (TPSA) is 41.6 Å². The van der Waals surface area contributed by atoms with E-state index in [0.29, 0.717) is 23.7 Å². The zero-order valence-electron chi connectivity index (χ0n) is 12.1. The summed E-state index contributed by atoms with van der Waals surface area (Å²) in [6.07, 6.45) is 4.92. The molecule has 0 aromatic heterocycles. The number of fused-ring (bicyclic) bond motifs is 2. The fraction of sp³-hybridized carbons (Fsp3) is 0.562. The quantitative estimate of drug-likeness (QED) is 0.860. The molecule has 2 unspecified atom stereocenters. The van der Waals surface area contributed by atoms with E-state index in [1.165, 1.54) is 20.0 Å². The predicted octanol–water partition coefficient (Wildman–Crippen LogP) is 2.51. The van der Waals surface area contributed by atoms with Gasteiger partial charge in [-0.25, -0.2) is 4.79 Å². The zero-order chi connectivity index (χ0) is 14.1. The van der Waals surface area contributed by atoms with Crippen LogP contribution in [0.4, 0.5) is 5.69 Å². The third-order valence-electron chi connectivity index (χ3n) is 4.79. The monoisotopic (exact) mass is 274 g/mol. The lowest BCUT2D eigenvalue weighted by molar-refractivity contribution is 0.0601. The normalized spacial score (nSPS) is 29.2. The first-order valence-electron chi connectivity index (χ1n) is 7.35. The number of piperidine rings is 1. The van der Waals surface area contributed by atoms with Gasteiger partial charge in [-0.2, -0.15) is 0 Å². The predicted molar refractivity (Wildman–Crippen MR) is 79.0 cm³/mol. The molecular formula is C16H22N2O2. The molecule has 4 heteroatoms. The van der Waals surface area contributed by atoms with E-state index in [0.717, 1.165) is 18.5 Å². The lowest BCUT2D eigenvalue weighted by Crippen LogP contribution is -2.44. The van der Waals surface area contributed by atoms with Crippen LogP contribution in [-0.4, -0.2) is 43.2 Å². The number of rotatable bonds is 3. The van der Waals surface area contributed by atoms with Crippen molar-refractivity contribution in [2.24, 2.45) is 0 Å². The van der Waals surface area contributed by atoms with E-state index in [1.807, 2.05) is 24.3 Å². The minimum Gasteiger partial charge on any atom is -0.465 e. The molecule has 1 aromatic carbocycles. The van der Waals surface area contributed by atoms with Gasteiger partial charge in [0.25, 0.3) is 0 Å². The van der Waals surface area contributed by atoms with Crippen LogP contribution in [0.15, 0.2) is 24.3 Å². The molecular weight excluding hydrogens is 252 g/mol. The van der Waals surface area contributed by atoms with Gasteiger partial charge in [-0.15, -0.1) is 0 Å². The van der Waals surface area contributed by atoms with Gasteiger partial charge >= 0.3 is 5.97 Å². The van der Waals surface area contributed by atoms with Gasteiger partial charge in [0.1, 0.15) is 0 Å². The summed E-state index contributed by atoms with van der Waals surface area (Å²) in [5.41, 5.74) is 1.52. The highest BCUT2D eigenvalue weighted by molar-refractivity contribution is 5.95. The number of hydrogen-bond donors (Lipinski definition) is 1. The minimum atomic E-state index is -0.274. The first-order chi connectivity index (χ1) is 9.69. The molecule has 2 saturated heterocycles. The number of ether oxygens (including phenoxy) is 1. The van der Waals surface area contributed by atoms with Crippen LogP contribution in [0.5, 0.6) is 0 Å². The van der Waals surface area contributed by atoms with Gasteiger partial charge in [0.05, 0.1) is 12.7 Å². The van der Waals surface area contributed by atoms with Crippen LogP contribution in [0.1, 0.15) is 36.0 Å². The molecule has 0 spiro atoms. The fourth-order valence-corrected chi connectivity index (χ4v) is 3.65. The number of methoxy groups -OCH3 is 1. The maximum atomic E-state index is 11.8. The average molecular weight is 274 g/mol. The first-order valence-corrected chi connectivity index (χ1v) is 7.35. The van der Waals surface area contributed by atoms with E-state index < -0.39 is 0 Å². The number of nitrogens with one attached hydrogen (secondary N) is 1. The van der Waals surface area contributed by atoms with Crippen molar-refractivity contribution in [3.05, 3.63) is 29.8 Å². The third kappa shape index (κ3) is 2.40. The summed E-state index contributed by atoms with van der Waals surface area (Å²) in [6, 6.07) is 9.45. The van der Waals surface area contributed by atoms with E-state index in [-0.39, 0.29) is 5.97 Å². The maximum Gasteiger partial charge on any atom is 0.339 e. The number of benzene rings is 1. The summed E-state index contributed by atoms with van der Waals surface area (Å²) in [5.74, 6) is -0.274. The number of para-hydroxylation sites is 1. The number of carbonyl (C=O) groups is 1. The molecule has 0 saturated carbocycles. The standard InChI is InChI=1S/C16H22N2O2/c1-18-12-7-8-13(18)10-11(9-12)17-15-6-4-3-5-14(15)16(19)20-2/h3-6,11-13,17H,7-10H2,1-2H3. The molecule has 2 atom stereocenters. The number of hydrogen-bond acceptors (Lipinski definition) is 4. The lowest BCUT2D eigenvalue weighted by Gasteiger charge is -2.37. The highest BCUT2D eigenvalue weighted by Gasteiger charge is 2.38. The van der Waals surface area contributed by atoms with Gasteiger partial charge < -0.3 is 15.0 Å². The van der Waals surface area contributed by atoms with Gasteiger partial charge in [0.2, 0.25) is 0 Å². The summed E-state index contributed by atoms with van der Waals surface area (Å²) in [4.78, 5) is 14.3. The Labute approximate surface area is 120 Å². The highest BCUT2D eigenvalue weighted by Crippen LogP contribution is 2.35. The maximum absolute atomic E-state index is 11.8. The summed E-state index contributed by atoms with van der Waals surface area (Å²) in [5, 5.41) is 3.56. The zero-order valence-corrected chi connectivity index (χ0v) is 12.1. The highest BCUT2D eigenvalue weighted by atomic mass is 16.5. The molecule has 20 heavy (non-hydrogen) atoms. The summed E-state index contributed by atoms with van der Waals surface area (Å²) < 4.78 is 4.85. The van der Waals surface area contributed by atoms with Crippen molar-refractivity contribution in [2.45, 2.75) is 43.8 Å². The van der Waals surface area contributed by atoms with Gasteiger partial charge in [-0.1, -0.05) is 12.1 Å². The molecule has 1 N–H and O–H groups in total. The lowest BCUT2D eigenvalue weighted by atomic mass is 9.97. The molecule has 108 valence electrons. The van der Waals surface area contributed by atoms with Crippen molar-refractivity contribution >= 4 is 11.7 Å². The first kappa shape index (κ1) is 13.4. The smallest absolute Gasteiger partial charge is 0.339 e. The molecule has 0 aliphatic carbocycles. The van der Waals surface area contributed by atoms with Crippen molar-refractivity contribution in [2.75, 3.05) is 19.5 Å². The van der Waals surface area contributed by atoms with Crippen LogP contribution in [0.2, 0.25) is 0 Å². The summed E-state index contributed by atoms with van der Waals surface area (Å²) in [7, 11) is 3.66. The van der Waals surface area contributed by atoms with Crippen molar-refractivity contribution in [3.63, 3.8) is 0 Å². The Bertz CT molecular complexity index is 489. The third-order valence-corrected chi connectivity index (χ3v) is 4.79. The van der Waals surface area contributed by atoms with Crippen LogP contribution in [0, 0.1) is 0 Å². The molecule has 2 aliphatic rings. The van der Waals surface area contributed by atoms with E-state index >= 15 is 0 Å². The second-order valence-corrected chi connectivity index (χ2v) is 5.90. The van der Waals surface area contributed by atoms with Crippen LogP contribution < -0.4 is 5.32 Å². The van der Waals surface area contributed by atoms with E-state index in [4.69, 9.17) is 4.74 Å². The average Bonchev–Trinajstić information content (AvgIpc) is 2.69. The van der Waals surface area contributed by atoms with Gasteiger partial charge in [-0.05, 0) is 44.9 Å². The number of esters is 1. The van der Waals surface area contributed by atoms with Crippen LogP contribution in [0.25, 0.3) is 0 Å². The fourth-order valence-electron chi connectivity index (χ4n) is 3.65. The van der Waals surface area contributed by atoms with E-state index in [1.54, 1.807) is 0 Å². The van der Waals surface area contributed by atoms with Gasteiger partial charge in [-0.3, -0.25) is 0 Å². The SMILES string of the molecule is COC(=O)c1ccccc1NC1CC2CCC(C1)N2C. The Hall–Kier alpha value is -1.55. The van der Waals surface area contributed by atoms with Gasteiger partial charge in [0, 0.05) is 23.8 Å². The Morgan fingerprint density at radius 1 is 1.25 bits per heavy atom. The van der Waals surface area contributed by atoms with Crippen molar-refractivity contribution in [1.82, 2.24) is 4.90 Å². The Morgan fingerprint density at radius 3 is 2.55 bits per heavy atom. The molecule has 0 radical (unpaired) electrons. The Morgan fingerprint density at radius 2 is 1.90 bits per heavy atom. The summed E-state index contributed by atoms with van der Waals surface area (Å²) in [6.45, 7) is 0. The van der Waals surface area contributed by atoms with E-state index in [9.17, 15) is 4.79 Å². The molecule has 2 heterocycles. The number of carbonyl (C=O) groups excluding carboxylic acids is 1. The molecule has 2 bridgehead atoms. The van der Waals surface area contributed by atoms with Crippen molar-refractivity contribution < 1.29 is 9.53 Å². The molecule has 2 fully saturated rings. The minimum absolute atomic E-state index is 0.274. The van der Waals surface area contributed by atoms with Gasteiger partial charge in [0.15, 0.2) is 0 Å².